The van der Waals surface area contributed by atoms with Crippen LogP contribution in [0.3, 0.4) is 0 Å². The van der Waals surface area contributed by atoms with Crippen LogP contribution in [0.2, 0.25) is 0 Å². The third-order valence-electron chi connectivity index (χ3n) is 9.20. The van der Waals surface area contributed by atoms with E-state index in [1.54, 1.807) is 0 Å². The van der Waals surface area contributed by atoms with E-state index in [9.17, 15) is 14.7 Å². The number of aliphatic hydroxyl groups is 1. The molecule has 0 unspecified atom stereocenters. The third-order valence-corrected chi connectivity index (χ3v) is 9.20. The van der Waals surface area contributed by atoms with E-state index in [1.165, 1.54) is 37.7 Å². The number of hydrogen-bond acceptors (Lipinski definition) is 3. The molecule has 0 radical (unpaired) electrons. The van der Waals surface area contributed by atoms with Gasteiger partial charge in [-0.15, -0.1) is 0 Å². The number of carboxylic acids is 1. The second-order valence-electron chi connectivity index (χ2n) is 10.6. The fraction of sp³-hybridized carbons (Fsp3) is 0.840. The van der Waals surface area contributed by atoms with Crippen molar-refractivity contribution in [3.05, 3.63) is 11.6 Å². The first-order valence-corrected chi connectivity index (χ1v) is 12.0. The van der Waals surface area contributed by atoms with E-state index in [2.05, 4.69) is 6.92 Å². The highest BCUT2D eigenvalue weighted by molar-refractivity contribution is 5.91. The minimum atomic E-state index is -0.602. The zero-order valence-electron chi connectivity index (χ0n) is 17.9. The van der Waals surface area contributed by atoms with Crippen molar-refractivity contribution in [1.29, 1.82) is 0 Å². The van der Waals surface area contributed by atoms with E-state index in [1.807, 2.05) is 6.08 Å². The Bertz CT molecular complexity index is 662. The normalized spacial score (nSPS) is 41.9. The molecule has 5 aliphatic rings. The van der Waals surface area contributed by atoms with Gasteiger partial charge in [0.2, 0.25) is 0 Å². The number of allylic oxidation sites excluding steroid dienone is 1. The number of carboxylic acid groups (broad SMARTS) is 1. The standard InChI is InChI=1S/C18H26O2.C7H12O2/c1-18-9-8-14-13-5-3-12(19)10-11(13)2-4-15(14)16(18)6-7-17(18)20;8-7(9)6-4-2-1-3-5-6/h10,13-17,20H,2-9H2,1H3;6H,1-5H2,(H,8,9)/t13-,14+,15+,16-,17-,18-;/m0./s1. The minimum absolute atomic E-state index is 0.0289. The molecule has 4 fully saturated rings. The van der Waals surface area contributed by atoms with Gasteiger partial charge in [-0.3, -0.25) is 9.59 Å². The molecular formula is C25H38O4. The quantitative estimate of drug-likeness (QED) is 0.637. The molecule has 0 aliphatic heterocycles. The molecule has 5 rings (SSSR count). The molecule has 0 bridgehead atoms. The number of carbonyl (C=O) groups is 2. The van der Waals surface area contributed by atoms with Crippen LogP contribution >= 0.6 is 0 Å². The van der Waals surface area contributed by atoms with Crippen LogP contribution in [0.1, 0.15) is 90.4 Å². The molecule has 4 saturated carbocycles. The Morgan fingerprint density at radius 1 is 0.966 bits per heavy atom. The highest BCUT2D eigenvalue weighted by Crippen LogP contribution is 2.61. The van der Waals surface area contributed by atoms with E-state index in [-0.39, 0.29) is 17.4 Å². The van der Waals surface area contributed by atoms with Crippen LogP contribution in [-0.2, 0) is 9.59 Å². The molecule has 4 nitrogen and oxygen atoms in total. The van der Waals surface area contributed by atoms with Gasteiger partial charge >= 0.3 is 5.97 Å². The topological polar surface area (TPSA) is 74.6 Å². The summed E-state index contributed by atoms with van der Waals surface area (Å²) in [5.74, 6) is 2.75. The zero-order chi connectivity index (χ0) is 20.6. The number of aliphatic hydroxyl groups excluding tert-OH is 1. The summed E-state index contributed by atoms with van der Waals surface area (Å²) in [7, 11) is 0. The predicted octanol–water partition coefficient (Wildman–Crippen LogP) is 5.14. The van der Waals surface area contributed by atoms with Crippen molar-refractivity contribution in [3.63, 3.8) is 0 Å². The zero-order valence-corrected chi connectivity index (χ0v) is 17.9. The van der Waals surface area contributed by atoms with Gasteiger partial charge in [0.1, 0.15) is 0 Å². The SMILES string of the molecule is C[C@]12CC[C@H]3[C@@H](CCC4=CC(=O)CC[C@@H]43)[C@@H]1CC[C@@H]2O.O=C(O)C1CCCCC1. The molecule has 0 amide bonds. The Morgan fingerprint density at radius 3 is 2.41 bits per heavy atom. The fourth-order valence-corrected chi connectivity index (χ4v) is 7.50. The van der Waals surface area contributed by atoms with Gasteiger partial charge in [0, 0.05) is 6.42 Å². The van der Waals surface area contributed by atoms with Crippen molar-refractivity contribution < 1.29 is 19.8 Å². The van der Waals surface area contributed by atoms with Crippen LogP contribution in [-0.4, -0.2) is 28.1 Å². The third kappa shape index (κ3) is 4.06. The van der Waals surface area contributed by atoms with Gasteiger partial charge in [0.15, 0.2) is 5.78 Å². The Balaban J connectivity index is 0.000000192. The first-order chi connectivity index (χ1) is 13.9. The van der Waals surface area contributed by atoms with Gasteiger partial charge in [0.25, 0.3) is 0 Å². The molecule has 4 heteroatoms. The van der Waals surface area contributed by atoms with Crippen LogP contribution in [0.15, 0.2) is 11.6 Å². The van der Waals surface area contributed by atoms with Crippen molar-refractivity contribution >= 4 is 11.8 Å². The van der Waals surface area contributed by atoms with E-state index in [0.29, 0.717) is 11.7 Å². The molecule has 0 aromatic rings. The molecular weight excluding hydrogens is 364 g/mol. The largest absolute Gasteiger partial charge is 0.481 e. The summed E-state index contributed by atoms with van der Waals surface area (Å²) in [6.45, 7) is 2.33. The number of hydrogen-bond donors (Lipinski definition) is 2. The van der Waals surface area contributed by atoms with Gasteiger partial charge in [-0.1, -0.05) is 31.8 Å². The second kappa shape index (κ2) is 8.53. The van der Waals surface area contributed by atoms with Gasteiger partial charge in [-0.25, -0.2) is 0 Å². The highest BCUT2D eigenvalue weighted by atomic mass is 16.4. The Kier molecular flexibility index (Phi) is 6.20. The summed E-state index contributed by atoms with van der Waals surface area (Å²) in [6, 6.07) is 0. The summed E-state index contributed by atoms with van der Waals surface area (Å²) in [6.07, 6.45) is 16.1. The van der Waals surface area contributed by atoms with Crippen LogP contribution in [0.25, 0.3) is 0 Å². The molecule has 5 aliphatic carbocycles. The number of carbonyl (C=O) groups excluding carboxylic acids is 1. The second-order valence-corrected chi connectivity index (χ2v) is 10.6. The number of ketones is 1. The lowest BCUT2D eigenvalue weighted by Gasteiger charge is -2.53. The van der Waals surface area contributed by atoms with Gasteiger partial charge in [-0.05, 0) is 93.0 Å². The van der Waals surface area contributed by atoms with E-state index < -0.39 is 5.97 Å². The van der Waals surface area contributed by atoms with Crippen LogP contribution < -0.4 is 0 Å². The predicted molar refractivity (Wildman–Crippen MR) is 112 cm³/mol. The highest BCUT2D eigenvalue weighted by Gasteiger charge is 2.55. The number of fused-ring (bicyclic) bond motifs is 5. The Morgan fingerprint density at radius 2 is 1.72 bits per heavy atom. The number of aliphatic carboxylic acids is 1. The van der Waals surface area contributed by atoms with Crippen molar-refractivity contribution in [2.45, 2.75) is 96.5 Å². The molecule has 0 aromatic heterocycles. The van der Waals surface area contributed by atoms with Crippen LogP contribution in [0.5, 0.6) is 0 Å². The van der Waals surface area contributed by atoms with Gasteiger partial charge in [-0.2, -0.15) is 0 Å². The Hall–Kier alpha value is -1.16. The maximum Gasteiger partial charge on any atom is 0.306 e. The lowest BCUT2D eigenvalue weighted by atomic mass is 9.52. The molecule has 0 spiro atoms. The molecule has 29 heavy (non-hydrogen) atoms. The lowest BCUT2D eigenvalue weighted by Crippen LogP contribution is -2.47. The molecule has 6 atom stereocenters. The van der Waals surface area contributed by atoms with Gasteiger partial charge < -0.3 is 10.2 Å². The number of rotatable bonds is 1. The molecule has 0 aromatic carbocycles. The molecule has 2 N–H and O–H groups in total. The van der Waals surface area contributed by atoms with E-state index in [4.69, 9.17) is 5.11 Å². The summed E-state index contributed by atoms with van der Waals surface area (Å²) >= 11 is 0. The fourth-order valence-electron chi connectivity index (χ4n) is 7.50. The minimum Gasteiger partial charge on any atom is -0.481 e. The molecule has 0 heterocycles. The Labute approximate surface area is 175 Å². The van der Waals surface area contributed by atoms with Crippen LogP contribution in [0.4, 0.5) is 0 Å². The maximum absolute atomic E-state index is 11.6. The first-order valence-electron chi connectivity index (χ1n) is 12.0. The average molecular weight is 403 g/mol. The summed E-state index contributed by atoms with van der Waals surface area (Å²) < 4.78 is 0. The summed E-state index contributed by atoms with van der Waals surface area (Å²) in [5.41, 5.74) is 1.65. The summed E-state index contributed by atoms with van der Waals surface area (Å²) in [4.78, 5) is 22.0. The van der Waals surface area contributed by atoms with Crippen molar-refractivity contribution in [2.75, 3.05) is 0 Å². The lowest BCUT2D eigenvalue weighted by molar-refractivity contribution is -0.142. The molecule has 0 saturated heterocycles. The van der Waals surface area contributed by atoms with E-state index >= 15 is 0 Å². The maximum atomic E-state index is 11.6. The van der Waals surface area contributed by atoms with Gasteiger partial charge in [0.05, 0.1) is 12.0 Å². The molecule has 162 valence electrons. The summed E-state index contributed by atoms with van der Waals surface area (Å²) in [5, 5.41) is 18.9. The smallest absolute Gasteiger partial charge is 0.306 e. The monoisotopic (exact) mass is 402 g/mol. The average Bonchev–Trinajstić information content (AvgIpc) is 3.03. The van der Waals surface area contributed by atoms with Crippen LogP contribution in [0, 0.1) is 35.0 Å². The first kappa shape index (κ1) is 21.1. The van der Waals surface area contributed by atoms with Crippen molar-refractivity contribution in [3.8, 4) is 0 Å². The van der Waals surface area contributed by atoms with E-state index in [0.717, 1.165) is 69.1 Å². The van der Waals surface area contributed by atoms with Crippen molar-refractivity contribution in [2.24, 2.45) is 35.0 Å². The van der Waals surface area contributed by atoms with Crippen molar-refractivity contribution in [1.82, 2.24) is 0 Å².